The van der Waals surface area contributed by atoms with Crippen molar-refractivity contribution in [3.8, 4) is 5.75 Å². The summed E-state index contributed by atoms with van der Waals surface area (Å²) in [6, 6.07) is 8.33. The molecule has 1 saturated carbocycles. The predicted octanol–water partition coefficient (Wildman–Crippen LogP) is 4.59. The molecule has 0 saturated heterocycles. The molecule has 2 aromatic heterocycles. The number of rotatable bonds is 8. The maximum Gasteiger partial charge on any atom is 0.573 e. The van der Waals surface area contributed by atoms with E-state index in [0.717, 1.165) is 41.9 Å². The molecule has 0 aliphatic heterocycles. The Labute approximate surface area is 195 Å². The van der Waals surface area contributed by atoms with E-state index in [9.17, 15) is 22.8 Å². The number of alkyl halides is 3. The molecule has 178 valence electrons. The summed E-state index contributed by atoms with van der Waals surface area (Å²) in [6.07, 6.45) is -1.34. The van der Waals surface area contributed by atoms with Gasteiger partial charge in [-0.25, -0.2) is 14.8 Å². The molecule has 9 nitrogen and oxygen atoms in total. The number of amides is 3. The molecule has 0 unspecified atom stereocenters. The molecule has 0 atom stereocenters. The van der Waals surface area contributed by atoms with Crippen molar-refractivity contribution in [2.45, 2.75) is 31.8 Å². The highest BCUT2D eigenvalue weighted by Gasteiger charge is 2.31. The van der Waals surface area contributed by atoms with E-state index in [-0.39, 0.29) is 22.6 Å². The number of anilines is 3. The monoisotopic (exact) mass is 492 g/mol. The summed E-state index contributed by atoms with van der Waals surface area (Å²) in [5.74, 6) is -0.290. The maximum atomic E-state index is 12.7. The molecule has 34 heavy (non-hydrogen) atoms. The molecule has 3 aromatic rings. The van der Waals surface area contributed by atoms with Crippen LogP contribution in [0, 0.1) is 0 Å². The van der Waals surface area contributed by atoms with Crippen LogP contribution in [0.3, 0.4) is 0 Å². The van der Waals surface area contributed by atoms with Crippen molar-refractivity contribution in [1.82, 2.24) is 15.3 Å². The number of thiazole rings is 1. The van der Waals surface area contributed by atoms with Crippen LogP contribution in [-0.4, -0.2) is 34.3 Å². The molecular weight excluding hydrogens is 473 g/mol. The summed E-state index contributed by atoms with van der Waals surface area (Å²) in [5, 5.41) is 11.1. The Hall–Kier alpha value is -3.87. The summed E-state index contributed by atoms with van der Waals surface area (Å²) >= 11 is 1.07. The Morgan fingerprint density at radius 3 is 2.71 bits per heavy atom. The minimum absolute atomic E-state index is 0.139. The second-order valence-corrected chi connectivity index (χ2v) is 8.19. The van der Waals surface area contributed by atoms with Crippen molar-refractivity contribution in [2.75, 3.05) is 16.0 Å². The average molecular weight is 492 g/mol. The smallest absolute Gasteiger partial charge is 0.406 e. The van der Waals surface area contributed by atoms with Crippen molar-refractivity contribution >= 4 is 40.6 Å². The number of nitrogens with zero attached hydrogens (tertiary/aromatic N) is 2. The first kappa shape index (κ1) is 23.3. The second kappa shape index (κ2) is 9.95. The number of carbonyl (C=O) groups excluding carboxylic acids is 2. The zero-order valence-electron chi connectivity index (χ0n) is 17.5. The standard InChI is InChI=1S/C21H19F3N6O3S/c22-21(23,24)33-15-3-1-2-14(9-15)28-19(31)17-18(27-11-34-17)26-10-12-6-7-25-16(8-12)30-20(32)29-13-4-5-13/h1-3,6-9,11,13,26H,4-5,10H2,(H,28,31)(H2,25,29,30,32). The summed E-state index contributed by atoms with van der Waals surface area (Å²) in [7, 11) is 0. The van der Waals surface area contributed by atoms with Gasteiger partial charge < -0.3 is 20.7 Å². The highest BCUT2D eigenvalue weighted by atomic mass is 32.1. The fourth-order valence-corrected chi connectivity index (χ4v) is 3.55. The van der Waals surface area contributed by atoms with Crippen LogP contribution < -0.4 is 26.0 Å². The number of carbonyl (C=O) groups is 2. The fraction of sp³-hybridized carbons (Fsp3) is 0.238. The second-order valence-electron chi connectivity index (χ2n) is 7.34. The zero-order chi connectivity index (χ0) is 24.1. The number of urea groups is 1. The zero-order valence-corrected chi connectivity index (χ0v) is 18.3. The molecule has 2 heterocycles. The number of halogens is 3. The first-order valence-corrected chi connectivity index (χ1v) is 11.0. The molecule has 0 bridgehead atoms. The van der Waals surface area contributed by atoms with E-state index in [1.54, 1.807) is 18.3 Å². The number of hydrogen-bond acceptors (Lipinski definition) is 7. The average Bonchev–Trinajstić information content (AvgIpc) is 3.44. The molecule has 0 spiro atoms. The lowest BCUT2D eigenvalue weighted by atomic mass is 10.2. The molecule has 4 N–H and O–H groups in total. The van der Waals surface area contributed by atoms with Gasteiger partial charge in [0.1, 0.15) is 22.3 Å². The van der Waals surface area contributed by atoms with E-state index >= 15 is 0 Å². The van der Waals surface area contributed by atoms with Gasteiger partial charge in [0.25, 0.3) is 5.91 Å². The molecule has 4 rings (SSSR count). The van der Waals surface area contributed by atoms with Crippen molar-refractivity contribution < 1.29 is 27.5 Å². The number of aromatic nitrogens is 2. The van der Waals surface area contributed by atoms with Gasteiger partial charge in [0.2, 0.25) is 0 Å². The van der Waals surface area contributed by atoms with Crippen molar-refractivity contribution in [3.63, 3.8) is 0 Å². The van der Waals surface area contributed by atoms with E-state index < -0.39 is 18.0 Å². The van der Waals surface area contributed by atoms with Gasteiger partial charge >= 0.3 is 12.4 Å². The van der Waals surface area contributed by atoms with Crippen LogP contribution >= 0.6 is 11.3 Å². The van der Waals surface area contributed by atoms with E-state index in [2.05, 4.69) is 36.0 Å². The molecule has 3 amide bonds. The number of pyridine rings is 1. The normalized spacial score (nSPS) is 13.1. The largest absolute Gasteiger partial charge is 0.573 e. The first-order valence-electron chi connectivity index (χ1n) is 10.1. The lowest BCUT2D eigenvalue weighted by Gasteiger charge is -2.11. The fourth-order valence-electron chi connectivity index (χ4n) is 2.90. The Kier molecular flexibility index (Phi) is 6.82. The van der Waals surface area contributed by atoms with Gasteiger partial charge in [-0.1, -0.05) is 6.07 Å². The van der Waals surface area contributed by atoms with Crippen LogP contribution in [0.4, 0.5) is 35.3 Å². The third-order valence-electron chi connectivity index (χ3n) is 4.54. The predicted molar refractivity (Wildman–Crippen MR) is 120 cm³/mol. The number of ether oxygens (including phenoxy) is 1. The molecule has 1 aliphatic carbocycles. The highest BCUT2D eigenvalue weighted by Crippen LogP contribution is 2.26. The summed E-state index contributed by atoms with van der Waals surface area (Å²) in [6.45, 7) is 0.292. The van der Waals surface area contributed by atoms with Crippen LogP contribution in [0.25, 0.3) is 0 Å². The third kappa shape index (κ3) is 6.81. The quantitative estimate of drug-likeness (QED) is 0.366. The van der Waals surface area contributed by atoms with Crippen molar-refractivity contribution in [3.05, 3.63) is 58.5 Å². The molecule has 1 aliphatic rings. The van der Waals surface area contributed by atoms with Crippen LogP contribution in [0.2, 0.25) is 0 Å². The van der Waals surface area contributed by atoms with E-state index in [0.29, 0.717) is 18.2 Å². The van der Waals surface area contributed by atoms with Gasteiger partial charge in [-0.15, -0.1) is 24.5 Å². The Morgan fingerprint density at radius 2 is 1.94 bits per heavy atom. The van der Waals surface area contributed by atoms with Gasteiger partial charge in [0, 0.05) is 30.5 Å². The molecule has 1 aromatic carbocycles. The van der Waals surface area contributed by atoms with E-state index in [1.165, 1.54) is 17.6 Å². The molecule has 0 radical (unpaired) electrons. The van der Waals surface area contributed by atoms with Crippen molar-refractivity contribution in [1.29, 1.82) is 0 Å². The topological polar surface area (TPSA) is 117 Å². The molecular formula is C21H19F3N6O3S. The van der Waals surface area contributed by atoms with E-state index in [1.807, 2.05) is 0 Å². The minimum atomic E-state index is -4.83. The minimum Gasteiger partial charge on any atom is -0.406 e. The first-order chi connectivity index (χ1) is 16.2. The van der Waals surface area contributed by atoms with Gasteiger partial charge in [-0.3, -0.25) is 10.1 Å². The number of hydrogen-bond donors (Lipinski definition) is 4. The summed E-state index contributed by atoms with van der Waals surface area (Å²) < 4.78 is 41.1. The number of benzene rings is 1. The Bertz CT molecular complexity index is 1180. The molecule has 1 fully saturated rings. The highest BCUT2D eigenvalue weighted by molar-refractivity contribution is 7.12. The lowest BCUT2D eigenvalue weighted by molar-refractivity contribution is -0.274. The van der Waals surface area contributed by atoms with Crippen LogP contribution in [-0.2, 0) is 6.54 Å². The SMILES string of the molecule is O=C(Nc1cc(CNc2ncsc2C(=O)Nc2cccc(OC(F)(F)F)c2)ccn1)NC1CC1. The van der Waals surface area contributed by atoms with Gasteiger partial charge in [-0.05, 0) is 42.7 Å². The van der Waals surface area contributed by atoms with E-state index in [4.69, 9.17) is 0 Å². The van der Waals surface area contributed by atoms with Crippen molar-refractivity contribution in [2.24, 2.45) is 0 Å². The Balaban J connectivity index is 1.36. The van der Waals surface area contributed by atoms with Crippen LogP contribution in [0.1, 0.15) is 28.1 Å². The van der Waals surface area contributed by atoms with Crippen LogP contribution in [0.5, 0.6) is 5.75 Å². The summed E-state index contributed by atoms with van der Waals surface area (Å²) in [5.41, 5.74) is 2.40. The van der Waals surface area contributed by atoms with Crippen LogP contribution in [0.15, 0.2) is 48.1 Å². The Morgan fingerprint density at radius 1 is 1.12 bits per heavy atom. The molecule has 13 heteroatoms. The number of nitrogens with one attached hydrogen (secondary N) is 4. The maximum absolute atomic E-state index is 12.7. The third-order valence-corrected chi connectivity index (χ3v) is 5.36. The lowest BCUT2D eigenvalue weighted by Crippen LogP contribution is -2.30. The van der Waals surface area contributed by atoms with Gasteiger partial charge in [0.05, 0.1) is 5.51 Å². The van der Waals surface area contributed by atoms with Gasteiger partial charge in [-0.2, -0.15) is 0 Å². The van der Waals surface area contributed by atoms with Gasteiger partial charge in [0.15, 0.2) is 0 Å². The summed E-state index contributed by atoms with van der Waals surface area (Å²) in [4.78, 5) is 33.1.